The monoisotopic (exact) mass is 228 g/mol. The number of aromatic nitrogens is 1. The van der Waals surface area contributed by atoms with Crippen LogP contribution >= 0.6 is 0 Å². The first kappa shape index (κ1) is 11.9. The zero-order chi connectivity index (χ0) is 12.1. The van der Waals surface area contributed by atoms with E-state index in [4.69, 9.17) is 0 Å². The van der Waals surface area contributed by atoms with Crippen molar-refractivity contribution in [2.75, 3.05) is 7.05 Å². The largest absolute Gasteiger partial charge is 0.350 e. The Kier molecular flexibility index (Phi) is 3.99. The average Bonchev–Trinajstić information content (AvgIpc) is 2.78. The van der Waals surface area contributed by atoms with Crippen LogP contribution in [0.3, 0.4) is 0 Å². The number of rotatable bonds is 5. The van der Waals surface area contributed by atoms with Crippen molar-refractivity contribution in [2.45, 2.75) is 26.4 Å². The van der Waals surface area contributed by atoms with Crippen LogP contribution in [0, 0.1) is 0 Å². The van der Waals surface area contributed by atoms with Crippen molar-refractivity contribution in [3.8, 4) is 0 Å². The van der Waals surface area contributed by atoms with Gasteiger partial charge in [0.25, 0.3) is 0 Å². The highest BCUT2D eigenvalue weighted by molar-refractivity contribution is 5.23. The van der Waals surface area contributed by atoms with E-state index in [2.05, 4.69) is 59.5 Å². The zero-order valence-electron chi connectivity index (χ0n) is 10.6. The van der Waals surface area contributed by atoms with Gasteiger partial charge in [0.05, 0.1) is 0 Å². The number of nitrogens with zero attached hydrogens (tertiary/aromatic N) is 1. The van der Waals surface area contributed by atoms with Gasteiger partial charge < -0.3 is 9.88 Å². The topological polar surface area (TPSA) is 17.0 Å². The lowest BCUT2D eigenvalue weighted by Crippen LogP contribution is -2.04. The predicted molar refractivity (Wildman–Crippen MR) is 72.1 cm³/mol. The standard InChI is InChI=1S/C15H20N2/c1-3-13-4-6-14(7-5-13)11-17-9-8-15(12-17)10-16-2/h4-9,12,16H,3,10-11H2,1-2H3. The molecule has 0 radical (unpaired) electrons. The summed E-state index contributed by atoms with van der Waals surface area (Å²) in [6.45, 7) is 4.07. The van der Waals surface area contributed by atoms with Crippen LogP contribution in [0.25, 0.3) is 0 Å². The minimum atomic E-state index is 0.932. The van der Waals surface area contributed by atoms with E-state index in [1.54, 1.807) is 0 Å². The summed E-state index contributed by atoms with van der Waals surface area (Å²) in [5.41, 5.74) is 4.09. The van der Waals surface area contributed by atoms with Crippen molar-refractivity contribution in [3.05, 3.63) is 59.4 Å². The second-order valence-corrected chi connectivity index (χ2v) is 4.39. The number of aryl methyl sites for hydroxylation is 1. The second kappa shape index (κ2) is 5.69. The third-order valence-electron chi connectivity index (χ3n) is 2.99. The fourth-order valence-corrected chi connectivity index (χ4v) is 1.99. The zero-order valence-corrected chi connectivity index (χ0v) is 10.6. The quantitative estimate of drug-likeness (QED) is 0.832. The fourth-order valence-electron chi connectivity index (χ4n) is 1.99. The van der Waals surface area contributed by atoms with Crippen molar-refractivity contribution in [1.29, 1.82) is 0 Å². The highest BCUT2D eigenvalue weighted by Crippen LogP contribution is 2.08. The van der Waals surface area contributed by atoms with E-state index in [0.717, 1.165) is 19.5 Å². The molecule has 0 aliphatic rings. The van der Waals surface area contributed by atoms with E-state index in [-0.39, 0.29) is 0 Å². The van der Waals surface area contributed by atoms with E-state index in [9.17, 15) is 0 Å². The summed E-state index contributed by atoms with van der Waals surface area (Å²) in [5.74, 6) is 0. The van der Waals surface area contributed by atoms with Crippen LogP contribution in [0.1, 0.15) is 23.6 Å². The van der Waals surface area contributed by atoms with E-state index in [1.165, 1.54) is 16.7 Å². The summed E-state index contributed by atoms with van der Waals surface area (Å²) >= 11 is 0. The summed E-state index contributed by atoms with van der Waals surface area (Å²) in [6.07, 6.45) is 5.45. The SMILES string of the molecule is CCc1ccc(Cn2ccc(CNC)c2)cc1. The van der Waals surface area contributed by atoms with Crippen LogP contribution in [0.15, 0.2) is 42.7 Å². The molecule has 2 rings (SSSR count). The second-order valence-electron chi connectivity index (χ2n) is 4.39. The molecular weight excluding hydrogens is 208 g/mol. The molecule has 1 heterocycles. The summed E-state index contributed by atoms with van der Waals surface area (Å²) in [4.78, 5) is 0. The third-order valence-corrected chi connectivity index (χ3v) is 2.99. The van der Waals surface area contributed by atoms with Crippen LogP contribution in [0.2, 0.25) is 0 Å². The van der Waals surface area contributed by atoms with Crippen molar-refractivity contribution < 1.29 is 0 Å². The molecule has 0 amide bonds. The highest BCUT2D eigenvalue weighted by atomic mass is 14.9. The smallest absolute Gasteiger partial charge is 0.0470 e. The van der Waals surface area contributed by atoms with Gasteiger partial charge in [-0.3, -0.25) is 0 Å². The van der Waals surface area contributed by atoms with E-state index in [0.29, 0.717) is 0 Å². The first-order valence-corrected chi connectivity index (χ1v) is 6.19. The fraction of sp³-hybridized carbons (Fsp3) is 0.333. The maximum absolute atomic E-state index is 3.16. The molecule has 0 unspecified atom stereocenters. The van der Waals surface area contributed by atoms with Gasteiger partial charge in [-0.25, -0.2) is 0 Å². The van der Waals surface area contributed by atoms with Gasteiger partial charge in [-0.2, -0.15) is 0 Å². The van der Waals surface area contributed by atoms with Crippen molar-refractivity contribution in [1.82, 2.24) is 9.88 Å². The molecule has 0 saturated carbocycles. The summed E-state index contributed by atoms with van der Waals surface area (Å²) in [6, 6.07) is 11.0. The lowest BCUT2D eigenvalue weighted by Gasteiger charge is -2.04. The van der Waals surface area contributed by atoms with Gasteiger partial charge in [-0.1, -0.05) is 31.2 Å². The van der Waals surface area contributed by atoms with Crippen LogP contribution < -0.4 is 5.32 Å². The maximum atomic E-state index is 3.16. The molecule has 2 heteroatoms. The molecule has 0 aliphatic heterocycles. The number of benzene rings is 1. The molecule has 0 bridgehead atoms. The number of nitrogens with one attached hydrogen (secondary N) is 1. The van der Waals surface area contributed by atoms with Crippen molar-refractivity contribution in [3.63, 3.8) is 0 Å². The molecule has 2 nitrogen and oxygen atoms in total. The van der Waals surface area contributed by atoms with Crippen LogP contribution in [-0.2, 0) is 19.5 Å². The van der Waals surface area contributed by atoms with E-state index in [1.807, 2.05) is 7.05 Å². The highest BCUT2D eigenvalue weighted by Gasteiger charge is 1.98. The van der Waals surface area contributed by atoms with Gasteiger partial charge in [0.2, 0.25) is 0 Å². The lowest BCUT2D eigenvalue weighted by molar-refractivity contribution is 0.782. The van der Waals surface area contributed by atoms with Gasteiger partial charge in [-0.15, -0.1) is 0 Å². The number of hydrogen-bond donors (Lipinski definition) is 1. The Morgan fingerprint density at radius 2 is 1.71 bits per heavy atom. The molecule has 2 aromatic rings. The molecule has 90 valence electrons. The Hall–Kier alpha value is -1.54. The lowest BCUT2D eigenvalue weighted by atomic mass is 10.1. The molecule has 1 aromatic heterocycles. The molecule has 0 fully saturated rings. The molecule has 0 saturated heterocycles. The van der Waals surface area contributed by atoms with E-state index < -0.39 is 0 Å². The first-order valence-electron chi connectivity index (χ1n) is 6.19. The predicted octanol–water partition coefficient (Wildman–Crippen LogP) is 2.82. The van der Waals surface area contributed by atoms with Gasteiger partial charge in [0.15, 0.2) is 0 Å². The Labute approximate surface area is 103 Å². The van der Waals surface area contributed by atoms with Crippen LogP contribution in [-0.4, -0.2) is 11.6 Å². The molecule has 17 heavy (non-hydrogen) atoms. The molecule has 1 N–H and O–H groups in total. The van der Waals surface area contributed by atoms with Crippen LogP contribution in [0.4, 0.5) is 0 Å². The Balaban J connectivity index is 2.03. The van der Waals surface area contributed by atoms with Crippen molar-refractivity contribution in [2.24, 2.45) is 0 Å². The summed E-state index contributed by atoms with van der Waals surface area (Å²) in [7, 11) is 1.97. The first-order chi connectivity index (χ1) is 8.31. The molecule has 1 aromatic carbocycles. The Morgan fingerprint density at radius 3 is 2.35 bits per heavy atom. The summed E-state index contributed by atoms with van der Waals surface area (Å²) < 4.78 is 2.23. The van der Waals surface area contributed by atoms with Gasteiger partial charge in [-0.05, 0) is 36.2 Å². The Morgan fingerprint density at radius 1 is 1.00 bits per heavy atom. The van der Waals surface area contributed by atoms with E-state index >= 15 is 0 Å². The summed E-state index contributed by atoms with van der Waals surface area (Å²) in [5, 5.41) is 3.16. The minimum absolute atomic E-state index is 0.932. The van der Waals surface area contributed by atoms with Gasteiger partial charge >= 0.3 is 0 Å². The molecular formula is C15H20N2. The Bertz CT molecular complexity index is 454. The normalized spacial score (nSPS) is 10.7. The third kappa shape index (κ3) is 3.21. The molecule has 0 aliphatic carbocycles. The molecule has 0 atom stereocenters. The molecule has 0 spiro atoms. The number of hydrogen-bond acceptors (Lipinski definition) is 1. The van der Waals surface area contributed by atoms with Crippen molar-refractivity contribution >= 4 is 0 Å². The van der Waals surface area contributed by atoms with Gasteiger partial charge in [0.1, 0.15) is 0 Å². The average molecular weight is 228 g/mol. The maximum Gasteiger partial charge on any atom is 0.0470 e. The van der Waals surface area contributed by atoms with Crippen LogP contribution in [0.5, 0.6) is 0 Å². The minimum Gasteiger partial charge on any atom is -0.350 e. The van der Waals surface area contributed by atoms with Gasteiger partial charge in [0, 0.05) is 25.5 Å².